The second-order valence-electron chi connectivity index (χ2n) is 5.53. The van der Waals surface area contributed by atoms with Crippen LogP contribution in [0.5, 0.6) is 0 Å². The molecule has 1 aromatic carbocycles. The summed E-state index contributed by atoms with van der Waals surface area (Å²) < 4.78 is 13.4. The Morgan fingerprint density at radius 2 is 2.19 bits per heavy atom. The number of hydrogen-bond donors (Lipinski definition) is 2. The topological polar surface area (TPSA) is 69.6 Å². The molecular formula is C15H19FN2O3. The second kappa shape index (κ2) is 6.22. The van der Waals surface area contributed by atoms with Crippen molar-refractivity contribution in [3.63, 3.8) is 0 Å². The Morgan fingerprint density at radius 1 is 1.48 bits per heavy atom. The Morgan fingerprint density at radius 3 is 2.81 bits per heavy atom. The molecule has 0 spiro atoms. The van der Waals surface area contributed by atoms with Crippen molar-refractivity contribution in [3.8, 4) is 0 Å². The lowest BCUT2D eigenvalue weighted by Gasteiger charge is -2.22. The molecule has 1 aliphatic heterocycles. The van der Waals surface area contributed by atoms with Gasteiger partial charge in [-0.15, -0.1) is 0 Å². The largest absolute Gasteiger partial charge is 0.480 e. The number of nitrogens with zero attached hydrogens (tertiary/aromatic N) is 1. The van der Waals surface area contributed by atoms with E-state index in [-0.39, 0.29) is 24.2 Å². The van der Waals surface area contributed by atoms with E-state index >= 15 is 0 Å². The number of hydrogen-bond acceptors (Lipinski definition) is 3. The molecule has 1 fully saturated rings. The highest BCUT2D eigenvalue weighted by Gasteiger charge is 2.37. The Balaban J connectivity index is 1.98. The lowest BCUT2D eigenvalue weighted by molar-refractivity contribution is -0.143. The van der Waals surface area contributed by atoms with Crippen LogP contribution in [-0.4, -0.2) is 41.0 Å². The van der Waals surface area contributed by atoms with Crippen LogP contribution in [0.25, 0.3) is 0 Å². The van der Waals surface area contributed by atoms with Gasteiger partial charge in [0.05, 0.1) is 6.54 Å². The van der Waals surface area contributed by atoms with Crippen LogP contribution in [0.15, 0.2) is 18.2 Å². The van der Waals surface area contributed by atoms with E-state index in [4.69, 9.17) is 0 Å². The van der Waals surface area contributed by atoms with E-state index in [0.717, 1.165) is 6.42 Å². The van der Waals surface area contributed by atoms with Crippen molar-refractivity contribution in [2.75, 3.05) is 18.4 Å². The third-order valence-corrected chi connectivity index (χ3v) is 3.86. The van der Waals surface area contributed by atoms with Crippen LogP contribution in [-0.2, 0) is 9.59 Å². The van der Waals surface area contributed by atoms with Crippen LogP contribution in [0.2, 0.25) is 0 Å². The minimum absolute atomic E-state index is 0.00317. The number of aryl methyl sites for hydroxylation is 1. The fourth-order valence-electron chi connectivity index (χ4n) is 2.66. The van der Waals surface area contributed by atoms with Crippen molar-refractivity contribution >= 4 is 17.6 Å². The van der Waals surface area contributed by atoms with E-state index in [1.54, 1.807) is 24.0 Å². The van der Waals surface area contributed by atoms with Crippen molar-refractivity contribution < 1.29 is 19.1 Å². The van der Waals surface area contributed by atoms with E-state index in [1.165, 1.54) is 6.07 Å². The van der Waals surface area contributed by atoms with Gasteiger partial charge in [-0.1, -0.05) is 13.0 Å². The lowest BCUT2D eigenvalue weighted by Crippen LogP contribution is -2.43. The van der Waals surface area contributed by atoms with Gasteiger partial charge in [-0.2, -0.15) is 0 Å². The number of amides is 1. The molecule has 21 heavy (non-hydrogen) atoms. The normalized spacial score (nSPS) is 22.2. The predicted octanol–water partition coefficient (Wildman–Crippen LogP) is 1.87. The van der Waals surface area contributed by atoms with Crippen molar-refractivity contribution in [1.82, 2.24) is 4.90 Å². The molecule has 6 heteroatoms. The van der Waals surface area contributed by atoms with E-state index in [0.29, 0.717) is 17.8 Å². The summed E-state index contributed by atoms with van der Waals surface area (Å²) >= 11 is 0. The monoisotopic (exact) mass is 294 g/mol. The van der Waals surface area contributed by atoms with Crippen LogP contribution >= 0.6 is 0 Å². The molecule has 0 bridgehead atoms. The zero-order valence-electron chi connectivity index (χ0n) is 12.1. The summed E-state index contributed by atoms with van der Waals surface area (Å²) in [6.07, 6.45) is 0.753. The molecule has 2 rings (SSSR count). The minimum atomic E-state index is -0.908. The number of likely N-dealkylation sites (tertiary alicyclic amines) is 1. The van der Waals surface area contributed by atoms with E-state index in [1.807, 2.05) is 6.92 Å². The Hall–Kier alpha value is -1.95. The van der Waals surface area contributed by atoms with Crippen LogP contribution in [0, 0.1) is 18.7 Å². The first kappa shape index (κ1) is 15.4. The van der Waals surface area contributed by atoms with Gasteiger partial charge in [0.1, 0.15) is 11.9 Å². The molecule has 2 N–H and O–H groups in total. The molecule has 2 unspecified atom stereocenters. The van der Waals surface area contributed by atoms with Gasteiger partial charge in [-0.25, -0.2) is 4.39 Å². The van der Waals surface area contributed by atoms with Crippen LogP contribution in [0.3, 0.4) is 0 Å². The van der Waals surface area contributed by atoms with E-state index in [2.05, 4.69) is 5.32 Å². The lowest BCUT2D eigenvalue weighted by atomic mass is 10.0. The molecule has 1 aromatic rings. The molecule has 0 aromatic heterocycles. The predicted molar refractivity (Wildman–Crippen MR) is 76.5 cm³/mol. The van der Waals surface area contributed by atoms with Gasteiger partial charge in [0.25, 0.3) is 0 Å². The number of nitrogens with one attached hydrogen (secondary N) is 1. The van der Waals surface area contributed by atoms with Gasteiger partial charge in [-0.3, -0.25) is 14.5 Å². The number of anilines is 1. The molecule has 1 aliphatic rings. The molecule has 0 saturated carbocycles. The highest BCUT2D eigenvalue weighted by atomic mass is 19.1. The maximum Gasteiger partial charge on any atom is 0.321 e. The quantitative estimate of drug-likeness (QED) is 0.889. The van der Waals surface area contributed by atoms with Crippen LogP contribution in [0.1, 0.15) is 18.9 Å². The van der Waals surface area contributed by atoms with Gasteiger partial charge < -0.3 is 10.4 Å². The SMILES string of the molecule is Cc1ccc(NC(=O)CN2CCC(C)C2C(=O)O)cc1F. The Kier molecular flexibility index (Phi) is 4.57. The molecule has 1 saturated heterocycles. The standard InChI is InChI=1S/C15H19FN2O3/c1-9-3-4-11(7-12(9)16)17-13(19)8-18-6-5-10(2)14(18)15(20)21/h3-4,7,10,14H,5-6,8H2,1-2H3,(H,17,19)(H,20,21). The first-order valence-corrected chi connectivity index (χ1v) is 6.91. The molecule has 2 atom stereocenters. The number of halogens is 1. The molecule has 1 heterocycles. The van der Waals surface area contributed by atoms with Gasteiger partial charge in [0, 0.05) is 5.69 Å². The van der Waals surface area contributed by atoms with Crippen LogP contribution in [0.4, 0.5) is 10.1 Å². The molecular weight excluding hydrogens is 275 g/mol. The maximum atomic E-state index is 13.4. The summed E-state index contributed by atoms with van der Waals surface area (Å²) in [5, 5.41) is 11.8. The average molecular weight is 294 g/mol. The smallest absolute Gasteiger partial charge is 0.321 e. The minimum Gasteiger partial charge on any atom is -0.480 e. The van der Waals surface area contributed by atoms with Crippen LogP contribution < -0.4 is 5.32 Å². The zero-order chi connectivity index (χ0) is 15.6. The summed E-state index contributed by atoms with van der Waals surface area (Å²) in [6.45, 7) is 4.08. The first-order valence-electron chi connectivity index (χ1n) is 6.91. The molecule has 1 amide bonds. The van der Waals surface area contributed by atoms with Crippen molar-refractivity contribution in [1.29, 1.82) is 0 Å². The van der Waals surface area contributed by atoms with E-state index in [9.17, 15) is 19.1 Å². The fourth-order valence-corrected chi connectivity index (χ4v) is 2.66. The number of carboxylic acids is 1. The molecule has 0 aliphatic carbocycles. The fraction of sp³-hybridized carbons (Fsp3) is 0.467. The van der Waals surface area contributed by atoms with E-state index < -0.39 is 12.0 Å². The third kappa shape index (κ3) is 3.58. The zero-order valence-corrected chi connectivity index (χ0v) is 12.1. The highest BCUT2D eigenvalue weighted by molar-refractivity contribution is 5.92. The van der Waals surface area contributed by atoms with Gasteiger partial charge >= 0.3 is 5.97 Å². The number of carbonyl (C=O) groups is 2. The van der Waals surface area contributed by atoms with Gasteiger partial charge in [0.15, 0.2) is 0 Å². The number of rotatable bonds is 4. The average Bonchev–Trinajstić information content (AvgIpc) is 2.75. The summed E-state index contributed by atoms with van der Waals surface area (Å²) in [4.78, 5) is 24.8. The number of benzene rings is 1. The van der Waals surface area contributed by atoms with Crippen molar-refractivity contribution in [3.05, 3.63) is 29.6 Å². The Bertz CT molecular complexity index is 562. The number of carboxylic acid groups (broad SMARTS) is 1. The number of carbonyl (C=O) groups excluding carboxylic acids is 1. The van der Waals surface area contributed by atoms with Gasteiger partial charge in [0.2, 0.25) is 5.91 Å². The van der Waals surface area contributed by atoms with Crippen molar-refractivity contribution in [2.24, 2.45) is 5.92 Å². The molecule has 5 nitrogen and oxygen atoms in total. The summed E-state index contributed by atoms with van der Waals surface area (Å²) in [6, 6.07) is 3.83. The number of aliphatic carboxylic acids is 1. The summed E-state index contributed by atoms with van der Waals surface area (Å²) in [7, 11) is 0. The summed E-state index contributed by atoms with van der Waals surface area (Å²) in [5.74, 6) is -1.61. The van der Waals surface area contributed by atoms with Gasteiger partial charge in [-0.05, 0) is 43.5 Å². The third-order valence-electron chi connectivity index (χ3n) is 3.86. The maximum absolute atomic E-state index is 13.4. The highest BCUT2D eigenvalue weighted by Crippen LogP contribution is 2.24. The molecule has 114 valence electrons. The first-order chi connectivity index (χ1) is 9.88. The summed E-state index contributed by atoms with van der Waals surface area (Å²) in [5.41, 5.74) is 0.884. The Labute approximate surface area is 122 Å². The second-order valence-corrected chi connectivity index (χ2v) is 5.53. The van der Waals surface area contributed by atoms with Crippen molar-refractivity contribution in [2.45, 2.75) is 26.3 Å². The molecule has 0 radical (unpaired) electrons.